The Morgan fingerprint density at radius 2 is 1.28 bits per heavy atom. The smallest absolute Gasteiger partial charge is 0.264 e. The molecule has 1 N–H and O–H groups in total. The second-order valence-corrected chi connectivity index (χ2v) is 14.2. The highest BCUT2D eigenvalue weighted by Gasteiger charge is 2.46. The van der Waals surface area contributed by atoms with Gasteiger partial charge in [0.15, 0.2) is 0 Å². The van der Waals surface area contributed by atoms with Crippen molar-refractivity contribution in [2.24, 2.45) is 0 Å². The fraction of sp³-hybridized carbons (Fsp3) is 0.400. The maximum absolute atomic E-state index is 11.1. The van der Waals surface area contributed by atoms with E-state index in [1.807, 2.05) is 12.1 Å². The van der Waals surface area contributed by atoms with E-state index >= 15 is 0 Å². The van der Waals surface area contributed by atoms with Crippen LogP contribution in [0.2, 0.25) is 11.1 Å². The van der Waals surface area contributed by atoms with Gasteiger partial charge in [-0.05, 0) is 17.5 Å². The van der Waals surface area contributed by atoms with Gasteiger partial charge in [-0.25, -0.2) is 0 Å². The highest BCUT2D eigenvalue weighted by Crippen LogP contribution is 2.39. The molecule has 0 aliphatic heterocycles. The third-order valence-corrected chi connectivity index (χ3v) is 12.1. The molecule has 0 bridgehead atoms. The zero-order chi connectivity index (χ0) is 18.6. The Hall–Kier alpha value is -1.43. The number of rotatable bonds is 7. The van der Waals surface area contributed by atoms with Crippen molar-refractivity contribution in [2.45, 2.75) is 44.7 Å². The first-order chi connectivity index (χ1) is 11.7. The van der Waals surface area contributed by atoms with Crippen LogP contribution in [-0.4, -0.2) is 26.8 Å². The molecule has 0 aliphatic rings. The topological polar surface area (TPSA) is 54.4 Å². The second kappa shape index (κ2) is 7.85. The van der Waals surface area contributed by atoms with Crippen LogP contribution in [0.15, 0.2) is 60.7 Å². The quantitative estimate of drug-likeness (QED) is 0.455. The van der Waals surface area contributed by atoms with E-state index in [9.17, 15) is 8.42 Å². The summed E-state index contributed by atoms with van der Waals surface area (Å²) < 4.78 is 31.1. The van der Waals surface area contributed by atoms with Crippen LogP contribution in [0, 0.1) is 0 Å². The van der Waals surface area contributed by atoms with E-state index < -0.39 is 18.2 Å². The summed E-state index contributed by atoms with van der Waals surface area (Å²) in [6, 6.07) is 22.2. The molecule has 0 radical (unpaired) electrons. The number of benzene rings is 2. The molecule has 2 rings (SSSR count). The molecular weight excluding hydrogens is 348 g/mol. The largest absolute Gasteiger partial charge is 0.286 e. The second-order valence-electron chi connectivity index (χ2n) is 7.63. The molecule has 0 saturated heterocycles. The molecular formula is C20H28O3SSi. The summed E-state index contributed by atoms with van der Waals surface area (Å²) in [7, 11) is -6.01. The molecule has 3 nitrogen and oxygen atoms in total. The Balaban J connectivity index is 2.46. The molecule has 0 saturated carbocycles. The first kappa shape index (κ1) is 19.9. The number of hydrogen-bond donors (Lipinski definition) is 1. The van der Waals surface area contributed by atoms with Crippen molar-refractivity contribution in [1.29, 1.82) is 0 Å². The lowest BCUT2D eigenvalue weighted by Gasteiger charge is -2.44. The fourth-order valence-electron chi connectivity index (χ4n) is 3.82. The summed E-state index contributed by atoms with van der Waals surface area (Å²) in [5.41, 5.74) is 0. The van der Waals surface area contributed by atoms with E-state index in [1.54, 1.807) is 0 Å². The van der Waals surface area contributed by atoms with Crippen molar-refractivity contribution in [3.63, 3.8) is 0 Å². The van der Waals surface area contributed by atoms with Gasteiger partial charge in [-0.1, -0.05) is 98.2 Å². The van der Waals surface area contributed by atoms with Gasteiger partial charge in [-0.2, -0.15) is 8.42 Å². The van der Waals surface area contributed by atoms with Gasteiger partial charge in [0.25, 0.3) is 10.1 Å². The van der Waals surface area contributed by atoms with Gasteiger partial charge in [0.1, 0.15) is 8.07 Å². The summed E-state index contributed by atoms with van der Waals surface area (Å²) in [6.07, 6.45) is 1.27. The van der Waals surface area contributed by atoms with Crippen LogP contribution in [0.5, 0.6) is 0 Å². The predicted octanol–water partition coefficient (Wildman–Crippen LogP) is 3.72. The standard InChI is InChI=1S/C20H28O3SSi/c1-20(2,3)25(18-12-6-4-7-13-18,19-14-8-5-9-15-19)17-11-10-16-24(21,22)23/h4-9,12-15H,10-11,16-17H2,1-3H3,(H,21,22,23). The van der Waals surface area contributed by atoms with E-state index in [1.165, 1.54) is 10.4 Å². The average molecular weight is 377 g/mol. The normalized spacial score (nSPS) is 13.0. The van der Waals surface area contributed by atoms with Gasteiger partial charge >= 0.3 is 0 Å². The first-order valence-corrected chi connectivity index (χ1v) is 12.5. The van der Waals surface area contributed by atoms with Crippen LogP contribution in [-0.2, 0) is 10.1 Å². The highest BCUT2D eigenvalue weighted by molar-refractivity contribution is 7.85. The Morgan fingerprint density at radius 3 is 1.64 bits per heavy atom. The van der Waals surface area contributed by atoms with Crippen molar-refractivity contribution in [2.75, 3.05) is 5.75 Å². The minimum absolute atomic E-state index is 0.0772. The van der Waals surface area contributed by atoms with Crippen molar-refractivity contribution in [1.82, 2.24) is 0 Å². The van der Waals surface area contributed by atoms with Gasteiger partial charge in [0.2, 0.25) is 0 Å². The van der Waals surface area contributed by atoms with E-state index in [4.69, 9.17) is 4.55 Å². The molecule has 0 aromatic heterocycles. The van der Waals surface area contributed by atoms with E-state index in [2.05, 4.69) is 69.3 Å². The van der Waals surface area contributed by atoms with Gasteiger partial charge in [0, 0.05) is 0 Å². The SMILES string of the molecule is CC(C)(C)[Si](CCCCS(=O)(=O)O)(c1ccccc1)c1ccccc1. The molecule has 0 amide bonds. The van der Waals surface area contributed by atoms with E-state index in [0.29, 0.717) is 6.42 Å². The lowest BCUT2D eigenvalue weighted by molar-refractivity contribution is 0.480. The summed E-state index contributed by atoms with van der Waals surface area (Å²) >= 11 is 0. The third kappa shape index (κ3) is 4.81. The fourth-order valence-corrected chi connectivity index (χ4v) is 10.1. The number of unbranched alkanes of at least 4 members (excludes halogenated alkanes) is 1. The van der Waals surface area contributed by atoms with E-state index in [0.717, 1.165) is 12.5 Å². The van der Waals surface area contributed by atoms with E-state index in [-0.39, 0.29) is 10.8 Å². The van der Waals surface area contributed by atoms with Crippen LogP contribution in [0.1, 0.15) is 33.6 Å². The molecule has 0 unspecified atom stereocenters. The molecule has 5 heteroatoms. The molecule has 0 fully saturated rings. The maximum atomic E-state index is 11.1. The Kier molecular flexibility index (Phi) is 6.24. The van der Waals surface area contributed by atoms with Crippen molar-refractivity contribution >= 4 is 28.6 Å². The molecule has 136 valence electrons. The minimum atomic E-state index is -3.89. The van der Waals surface area contributed by atoms with Crippen LogP contribution < -0.4 is 10.4 Å². The molecule has 0 spiro atoms. The molecule has 0 aliphatic carbocycles. The van der Waals surface area contributed by atoms with Crippen LogP contribution in [0.25, 0.3) is 0 Å². The molecule has 2 aromatic carbocycles. The van der Waals surface area contributed by atoms with Crippen molar-refractivity contribution in [3.05, 3.63) is 60.7 Å². The van der Waals surface area contributed by atoms with Gasteiger partial charge in [-0.3, -0.25) is 4.55 Å². The maximum Gasteiger partial charge on any atom is 0.264 e. The van der Waals surface area contributed by atoms with Crippen molar-refractivity contribution < 1.29 is 13.0 Å². The van der Waals surface area contributed by atoms with Gasteiger partial charge < -0.3 is 0 Å². The Morgan fingerprint density at radius 1 is 0.840 bits per heavy atom. The minimum Gasteiger partial charge on any atom is -0.286 e. The van der Waals surface area contributed by atoms with Crippen molar-refractivity contribution in [3.8, 4) is 0 Å². The summed E-state index contributed by atoms with van der Waals surface area (Å²) in [5.74, 6) is -0.162. The lowest BCUT2D eigenvalue weighted by atomic mass is 10.2. The van der Waals surface area contributed by atoms with Crippen LogP contribution in [0.3, 0.4) is 0 Å². The molecule has 0 heterocycles. The summed E-state index contributed by atoms with van der Waals surface area (Å²) in [4.78, 5) is 0. The van der Waals surface area contributed by atoms with Crippen LogP contribution in [0.4, 0.5) is 0 Å². The Bertz CT molecular complexity index is 726. The summed E-state index contributed by atoms with van der Waals surface area (Å²) in [5, 5.41) is 2.83. The monoisotopic (exact) mass is 376 g/mol. The molecule has 0 atom stereocenters. The first-order valence-electron chi connectivity index (χ1n) is 8.73. The Labute approximate surface area is 152 Å². The van der Waals surface area contributed by atoms with Crippen LogP contribution >= 0.6 is 0 Å². The number of hydrogen-bond acceptors (Lipinski definition) is 2. The van der Waals surface area contributed by atoms with Gasteiger partial charge in [0.05, 0.1) is 5.75 Å². The zero-order valence-electron chi connectivity index (χ0n) is 15.3. The summed E-state index contributed by atoms with van der Waals surface area (Å²) in [6.45, 7) is 6.88. The lowest BCUT2D eigenvalue weighted by Crippen LogP contribution is -2.64. The third-order valence-electron chi connectivity index (χ3n) is 5.02. The molecule has 25 heavy (non-hydrogen) atoms. The molecule has 2 aromatic rings. The predicted molar refractivity (Wildman–Crippen MR) is 108 cm³/mol. The van der Waals surface area contributed by atoms with Gasteiger partial charge in [-0.15, -0.1) is 0 Å². The zero-order valence-corrected chi connectivity index (χ0v) is 17.1. The average Bonchev–Trinajstić information content (AvgIpc) is 2.54. The highest BCUT2D eigenvalue weighted by atomic mass is 32.2.